The summed E-state index contributed by atoms with van der Waals surface area (Å²) in [5.74, 6) is -0.635. The van der Waals surface area contributed by atoms with Crippen LogP contribution in [0.3, 0.4) is 0 Å². The highest BCUT2D eigenvalue weighted by molar-refractivity contribution is 6.01. The minimum atomic E-state index is -0.851. The van der Waals surface area contributed by atoms with E-state index < -0.39 is 11.9 Å². The number of carbonyl (C=O) groups excluding carboxylic acids is 1. The zero-order chi connectivity index (χ0) is 14.5. The van der Waals surface area contributed by atoms with Gasteiger partial charge in [-0.3, -0.25) is 14.7 Å². The van der Waals surface area contributed by atoms with Gasteiger partial charge in [0, 0.05) is 12.1 Å². The molecule has 3 N–H and O–H groups in total. The van der Waals surface area contributed by atoms with Crippen LogP contribution in [0.4, 0.5) is 5.69 Å². The third-order valence-corrected chi connectivity index (χ3v) is 2.61. The fourth-order valence-corrected chi connectivity index (χ4v) is 1.69. The van der Waals surface area contributed by atoms with Gasteiger partial charge in [0.1, 0.15) is 5.82 Å². The average Bonchev–Trinajstić information content (AvgIpc) is 2.84. The SMILES string of the molecule is Cc1nc(C(=O)Nc2cccc(CCC(=O)O)c2)n[nH]1. The number of carboxylic acids is 1. The summed E-state index contributed by atoms with van der Waals surface area (Å²) in [5.41, 5.74) is 1.43. The van der Waals surface area contributed by atoms with E-state index in [2.05, 4.69) is 20.5 Å². The Labute approximate surface area is 115 Å². The van der Waals surface area contributed by atoms with Gasteiger partial charge in [0.25, 0.3) is 5.91 Å². The number of hydrogen-bond donors (Lipinski definition) is 3. The van der Waals surface area contributed by atoms with Crippen LogP contribution in [0.2, 0.25) is 0 Å². The standard InChI is InChI=1S/C13H14N4O3/c1-8-14-12(17-16-8)13(20)15-10-4-2-3-9(7-10)5-6-11(18)19/h2-4,7H,5-6H2,1H3,(H,15,20)(H,18,19)(H,14,16,17). The number of aromatic nitrogens is 3. The van der Waals surface area contributed by atoms with Gasteiger partial charge in [0.2, 0.25) is 5.82 Å². The summed E-state index contributed by atoms with van der Waals surface area (Å²) in [6.07, 6.45) is 0.469. The molecule has 0 aliphatic heterocycles. The van der Waals surface area contributed by atoms with Crippen molar-refractivity contribution in [2.24, 2.45) is 0 Å². The van der Waals surface area contributed by atoms with Crippen molar-refractivity contribution >= 4 is 17.6 Å². The smallest absolute Gasteiger partial charge is 0.303 e. The van der Waals surface area contributed by atoms with E-state index >= 15 is 0 Å². The Hall–Kier alpha value is -2.70. The molecule has 0 aliphatic carbocycles. The van der Waals surface area contributed by atoms with Gasteiger partial charge >= 0.3 is 5.97 Å². The van der Waals surface area contributed by atoms with Gasteiger partial charge in [-0.1, -0.05) is 12.1 Å². The Kier molecular flexibility index (Phi) is 4.09. The minimum absolute atomic E-state index is 0.0531. The molecule has 0 radical (unpaired) electrons. The summed E-state index contributed by atoms with van der Waals surface area (Å²) in [6.45, 7) is 1.70. The van der Waals surface area contributed by atoms with Gasteiger partial charge in [-0.15, -0.1) is 5.10 Å². The summed E-state index contributed by atoms with van der Waals surface area (Å²) in [6, 6.07) is 7.04. The predicted octanol–water partition coefficient (Wildman–Crippen LogP) is 1.38. The molecular formula is C13H14N4O3. The second kappa shape index (κ2) is 5.96. The maximum absolute atomic E-state index is 11.9. The number of rotatable bonds is 5. The monoisotopic (exact) mass is 274 g/mol. The van der Waals surface area contributed by atoms with E-state index in [-0.39, 0.29) is 12.2 Å². The number of aliphatic carboxylic acids is 1. The summed E-state index contributed by atoms with van der Waals surface area (Å²) in [7, 11) is 0. The number of benzene rings is 1. The summed E-state index contributed by atoms with van der Waals surface area (Å²) >= 11 is 0. The van der Waals surface area contributed by atoms with E-state index in [4.69, 9.17) is 5.11 Å². The quantitative estimate of drug-likeness (QED) is 0.763. The Balaban J connectivity index is 2.04. The second-order valence-electron chi connectivity index (χ2n) is 4.29. The Morgan fingerprint density at radius 1 is 1.40 bits per heavy atom. The fraction of sp³-hybridized carbons (Fsp3) is 0.231. The molecule has 0 saturated carbocycles. The number of H-pyrrole nitrogens is 1. The first-order chi connectivity index (χ1) is 9.54. The molecule has 2 aromatic rings. The van der Waals surface area contributed by atoms with Crippen molar-refractivity contribution in [3.8, 4) is 0 Å². The van der Waals surface area contributed by atoms with Crippen molar-refractivity contribution in [3.63, 3.8) is 0 Å². The first-order valence-corrected chi connectivity index (χ1v) is 6.05. The lowest BCUT2D eigenvalue weighted by atomic mass is 10.1. The highest BCUT2D eigenvalue weighted by Gasteiger charge is 2.11. The number of carboxylic acid groups (broad SMARTS) is 1. The predicted molar refractivity (Wildman–Crippen MR) is 71.5 cm³/mol. The van der Waals surface area contributed by atoms with E-state index in [1.807, 2.05) is 6.07 Å². The maximum atomic E-state index is 11.9. The number of nitrogens with one attached hydrogen (secondary N) is 2. The van der Waals surface area contributed by atoms with Crippen LogP contribution < -0.4 is 5.32 Å². The van der Waals surface area contributed by atoms with Crippen molar-refractivity contribution in [1.82, 2.24) is 15.2 Å². The molecule has 0 aliphatic rings. The molecule has 0 bridgehead atoms. The minimum Gasteiger partial charge on any atom is -0.481 e. The lowest BCUT2D eigenvalue weighted by Crippen LogP contribution is -2.14. The molecule has 0 atom stereocenters. The third-order valence-electron chi connectivity index (χ3n) is 2.61. The first-order valence-electron chi connectivity index (χ1n) is 6.05. The van der Waals surface area contributed by atoms with Gasteiger partial charge in [-0.2, -0.15) is 0 Å². The van der Waals surface area contributed by atoms with Crippen LogP contribution in [-0.2, 0) is 11.2 Å². The van der Waals surface area contributed by atoms with E-state index in [1.54, 1.807) is 25.1 Å². The van der Waals surface area contributed by atoms with Crippen LogP contribution in [0, 0.1) is 6.92 Å². The molecule has 2 rings (SSSR count). The molecule has 20 heavy (non-hydrogen) atoms. The molecular weight excluding hydrogens is 260 g/mol. The van der Waals surface area contributed by atoms with Gasteiger partial charge in [0.15, 0.2) is 0 Å². The largest absolute Gasteiger partial charge is 0.481 e. The topological polar surface area (TPSA) is 108 Å². The molecule has 1 amide bonds. The van der Waals surface area contributed by atoms with Crippen molar-refractivity contribution in [2.45, 2.75) is 19.8 Å². The van der Waals surface area contributed by atoms with E-state index in [9.17, 15) is 9.59 Å². The molecule has 0 saturated heterocycles. The summed E-state index contributed by atoms with van der Waals surface area (Å²) < 4.78 is 0. The van der Waals surface area contributed by atoms with Crippen molar-refractivity contribution < 1.29 is 14.7 Å². The second-order valence-corrected chi connectivity index (χ2v) is 4.29. The Bertz CT molecular complexity index is 636. The van der Waals surface area contributed by atoms with Gasteiger partial charge in [0.05, 0.1) is 0 Å². The number of anilines is 1. The number of carbonyl (C=O) groups is 2. The van der Waals surface area contributed by atoms with E-state index in [0.29, 0.717) is 17.9 Å². The number of hydrogen-bond acceptors (Lipinski definition) is 4. The summed E-state index contributed by atoms with van der Waals surface area (Å²) in [4.78, 5) is 26.3. The van der Waals surface area contributed by atoms with Crippen LogP contribution >= 0.6 is 0 Å². The van der Waals surface area contributed by atoms with Crippen LogP contribution in [0.5, 0.6) is 0 Å². The first kappa shape index (κ1) is 13.7. The Morgan fingerprint density at radius 3 is 2.85 bits per heavy atom. The van der Waals surface area contributed by atoms with Crippen molar-refractivity contribution in [3.05, 3.63) is 41.5 Å². The molecule has 0 fully saturated rings. The zero-order valence-corrected chi connectivity index (χ0v) is 10.9. The number of aromatic amines is 1. The van der Waals surface area contributed by atoms with Gasteiger partial charge in [-0.25, -0.2) is 4.98 Å². The van der Waals surface area contributed by atoms with Crippen LogP contribution in [0.25, 0.3) is 0 Å². The highest BCUT2D eigenvalue weighted by atomic mass is 16.4. The highest BCUT2D eigenvalue weighted by Crippen LogP contribution is 2.13. The van der Waals surface area contributed by atoms with Crippen LogP contribution in [-0.4, -0.2) is 32.2 Å². The van der Waals surface area contributed by atoms with Gasteiger partial charge in [-0.05, 0) is 31.0 Å². The summed E-state index contributed by atoms with van der Waals surface area (Å²) in [5, 5.41) is 17.7. The molecule has 104 valence electrons. The van der Waals surface area contributed by atoms with Crippen molar-refractivity contribution in [1.29, 1.82) is 0 Å². The zero-order valence-electron chi connectivity index (χ0n) is 10.9. The molecule has 1 aromatic heterocycles. The molecule has 0 unspecified atom stereocenters. The number of aryl methyl sites for hydroxylation is 2. The van der Waals surface area contributed by atoms with Crippen LogP contribution in [0.1, 0.15) is 28.4 Å². The van der Waals surface area contributed by atoms with E-state index in [0.717, 1.165) is 5.56 Å². The molecule has 7 heteroatoms. The fourth-order valence-electron chi connectivity index (χ4n) is 1.69. The van der Waals surface area contributed by atoms with Crippen molar-refractivity contribution in [2.75, 3.05) is 5.32 Å². The lowest BCUT2D eigenvalue weighted by Gasteiger charge is -2.05. The molecule has 1 aromatic carbocycles. The normalized spacial score (nSPS) is 10.2. The van der Waals surface area contributed by atoms with E-state index in [1.165, 1.54) is 0 Å². The number of amides is 1. The molecule has 0 spiro atoms. The third kappa shape index (κ3) is 3.64. The Morgan fingerprint density at radius 2 is 2.20 bits per heavy atom. The molecule has 7 nitrogen and oxygen atoms in total. The molecule has 1 heterocycles. The lowest BCUT2D eigenvalue weighted by molar-refractivity contribution is -0.136. The van der Waals surface area contributed by atoms with Crippen LogP contribution in [0.15, 0.2) is 24.3 Å². The maximum Gasteiger partial charge on any atom is 0.303 e. The van der Waals surface area contributed by atoms with Gasteiger partial charge < -0.3 is 10.4 Å². The number of nitrogens with zero attached hydrogens (tertiary/aromatic N) is 2. The average molecular weight is 274 g/mol.